The molecule has 130 valence electrons. The smallest absolute Gasteiger partial charge is 0.355 e. The summed E-state index contributed by atoms with van der Waals surface area (Å²) in [5, 5.41) is 2.52. The van der Waals surface area contributed by atoms with Crippen molar-refractivity contribution >= 4 is 15.9 Å². The van der Waals surface area contributed by atoms with Crippen LogP contribution < -0.4 is 15.8 Å². The Morgan fingerprint density at radius 2 is 1.91 bits per heavy atom. The normalized spacial score (nSPS) is 12.2. The molecule has 1 rings (SSSR count). The minimum atomic E-state index is -4.62. The van der Waals surface area contributed by atoms with Crippen molar-refractivity contribution in [1.82, 2.24) is 10.0 Å². The van der Waals surface area contributed by atoms with E-state index in [1.165, 1.54) is 0 Å². The van der Waals surface area contributed by atoms with Gasteiger partial charge in [0.25, 0.3) is 0 Å². The number of nitrogens with one attached hydrogen (secondary N) is 2. The first-order chi connectivity index (χ1) is 10.7. The SMILES string of the molecule is NCCNC(=O)CCCNS(=O)(=O)c1cccc(C(F)(F)F)c1. The Kier molecular flexibility index (Phi) is 6.98. The third-order valence-electron chi connectivity index (χ3n) is 2.81. The standard InChI is InChI=1S/C13H18F3N3O3S/c14-13(15,16)10-3-1-4-11(9-10)23(21,22)19-7-2-5-12(20)18-8-6-17/h1,3-4,9,19H,2,5-8,17H2,(H,18,20). The maximum atomic E-state index is 12.6. The lowest BCUT2D eigenvalue weighted by Crippen LogP contribution is -2.30. The summed E-state index contributed by atoms with van der Waals surface area (Å²) in [6, 6.07) is 3.46. The van der Waals surface area contributed by atoms with Crippen LogP contribution in [0.5, 0.6) is 0 Å². The lowest BCUT2D eigenvalue weighted by molar-refractivity contribution is -0.137. The summed E-state index contributed by atoms with van der Waals surface area (Å²) in [6.45, 7) is 0.567. The van der Waals surface area contributed by atoms with Gasteiger partial charge in [0.2, 0.25) is 15.9 Å². The number of amides is 1. The zero-order valence-corrected chi connectivity index (χ0v) is 13.0. The van der Waals surface area contributed by atoms with Gasteiger partial charge in [0.1, 0.15) is 0 Å². The number of halogens is 3. The van der Waals surface area contributed by atoms with E-state index in [9.17, 15) is 26.4 Å². The van der Waals surface area contributed by atoms with Crippen molar-refractivity contribution < 1.29 is 26.4 Å². The van der Waals surface area contributed by atoms with Crippen molar-refractivity contribution in [2.45, 2.75) is 23.9 Å². The monoisotopic (exact) mass is 353 g/mol. The molecule has 4 N–H and O–H groups in total. The fraction of sp³-hybridized carbons (Fsp3) is 0.462. The molecule has 1 aromatic rings. The maximum Gasteiger partial charge on any atom is 0.416 e. The van der Waals surface area contributed by atoms with Crippen molar-refractivity contribution in [1.29, 1.82) is 0 Å². The summed E-state index contributed by atoms with van der Waals surface area (Å²) in [5.41, 5.74) is 4.17. The lowest BCUT2D eigenvalue weighted by atomic mass is 10.2. The Labute approximate surface area is 132 Å². The van der Waals surface area contributed by atoms with Gasteiger partial charge in [0, 0.05) is 26.1 Å². The number of alkyl halides is 3. The first kappa shape index (κ1) is 19.4. The van der Waals surface area contributed by atoms with Crippen LogP contribution in [-0.4, -0.2) is 34.0 Å². The molecule has 0 heterocycles. The number of carbonyl (C=O) groups excluding carboxylic acids is 1. The van der Waals surface area contributed by atoms with Gasteiger partial charge in [-0.15, -0.1) is 0 Å². The van der Waals surface area contributed by atoms with Gasteiger partial charge in [-0.1, -0.05) is 6.07 Å². The molecule has 0 aromatic heterocycles. The van der Waals surface area contributed by atoms with Crippen LogP contribution in [0.3, 0.4) is 0 Å². The molecule has 1 amide bonds. The number of sulfonamides is 1. The molecule has 0 saturated carbocycles. The van der Waals surface area contributed by atoms with Crippen LogP contribution in [-0.2, 0) is 21.0 Å². The predicted molar refractivity (Wildman–Crippen MR) is 77.9 cm³/mol. The Balaban J connectivity index is 2.58. The van der Waals surface area contributed by atoms with Crippen molar-refractivity contribution in [3.05, 3.63) is 29.8 Å². The van der Waals surface area contributed by atoms with E-state index < -0.39 is 26.7 Å². The summed E-state index contributed by atoms with van der Waals surface area (Å²) < 4.78 is 63.8. The van der Waals surface area contributed by atoms with E-state index in [-0.39, 0.29) is 25.3 Å². The molecule has 0 atom stereocenters. The minimum Gasteiger partial charge on any atom is -0.355 e. The summed E-state index contributed by atoms with van der Waals surface area (Å²) in [6.07, 6.45) is -4.31. The number of carbonyl (C=O) groups is 1. The molecule has 0 saturated heterocycles. The molecule has 0 bridgehead atoms. The van der Waals surface area contributed by atoms with Crippen molar-refractivity contribution in [3.63, 3.8) is 0 Å². The van der Waals surface area contributed by atoms with Crippen LogP contribution in [0.15, 0.2) is 29.2 Å². The number of hydrogen-bond donors (Lipinski definition) is 3. The summed E-state index contributed by atoms with van der Waals surface area (Å²) >= 11 is 0. The number of rotatable bonds is 8. The second-order valence-corrected chi connectivity index (χ2v) is 6.43. The summed E-state index contributed by atoms with van der Waals surface area (Å²) in [4.78, 5) is 10.8. The highest BCUT2D eigenvalue weighted by Crippen LogP contribution is 2.30. The highest BCUT2D eigenvalue weighted by molar-refractivity contribution is 7.89. The summed E-state index contributed by atoms with van der Waals surface area (Å²) in [7, 11) is -4.06. The molecular weight excluding hydrogens is 335 g/mol. The number of benzene rings is 1. The third kappa shape index (κ3) is 6.55. The minimum absolute atomic E-state index is 0.0609. The average Bonchev–Trinajstić information content (AvgIpc) is 2.49. The van der Waals surface area contributed by atoms with Crippen molar-refractivity contribution in [2.75, 3.05) is 19.6 Å². The number of nitrogens with two attached hydrogens (primary N) is 1. The molecule has 0 aliphatic carbocycles. The topological polar surface area (TPSA) is 101 Å². The number of hydrogen-bond acceptors (Lipinski definition) is 4. The molecule has 10 heteroatoms. The average molecular weight is 353 g/mol. The Hall–Kier alpha value is -1.65. The van der Waals surface area contributed by atoms with Crippen LogP contribution in [0.1, 0.15) is 18.4 Å². The molecular formula is C13H18F3N3O3S. The van der Waals surface area contributed by atoms with Crippen LogP contribution in [0.4, 0.5) is 13.2 Å². The fourth-order valence-corrected chi connectivity index (χ4v) is 2.80. The van der Waals surface area contributed by atoms with Crippen LogP contribution in [0.25, 0.3) is 0 Å². The highest BCUT2D eigenvalue weighted by atomic mass is 32.2. The second kappa shape index (κ2) is 8.27. The Morgan fingerprint density at radius 1 is 1.22 bits per heavy atom. The van der Waals surface area contributed by atoms with Crippen molar-refractivity contribution in [2.24, 2.45) is 5.73 Å². The van der Waals surface area contributed by atoms with Gasteiger partial charge in [-0.05, 0) is 24.6 Å². The molecule has 0 unspecified atom stereocenters. The molecule has 0 radical (unpaired) electrons. The second-order valence-electron chi connectivity index (χ2n) is 4.67. The van der Waals surface area contributed by atoms with Gasteiger partial charge in [-0.25, -0.2) is 13.1 Å². The van der Waals surface area contributed by atoms with Gasteiger partial charge in [0.15, 0.2) is 0 Å². The van der Waals surface area contributed by atoms with Gasteiger partial charge in [-0.3, -0.25) is 4.79 Å². The van der Waals surface area contributed by atoms with E-state index in [0.717, 1.165) is 18.2 Å². The first-order valence-corrected chi connectivity index (χ1v) is 8.29. The first-order valence-electron chi connectivity index (χ1n) is 6.80. The largest absolute Gasteiger partial charge is 0.416 e. The zero-order chi connectivity index (χ0) is 17.5. The van der Waals surface area contributed by atoms with Crippen LogP contribution in [0.2, 0.25) is 0 Å². The zero-order valence-electron chi connectivity index (χ0n) is 12.2. The molecule has 0 aliphatic rings. The van der Waals surface area contributed by atoms with E-state index in [1.807, 2.05) is 0 Å². The van der Waals surface area contributed by atoms with E-state index in [0.29, 0.717) is 19.2 Å². The molecule has 23 heavy (non-hydrogen) atoms. The fourth-order valence-electron chi connectivity index (χ4n) is 1.68. The lowest BCUT2D eigenvalue weighted by Gasteiger charge is -2.10. The molecule has 0 fully saturated rings. The highest BCUT2D eigenvalue weighted by Gasteiger charge is 2.31. The quantitative estimate of drug-likeness (QED) is 0.603. The summed E-state index contributed by atoms with van der Waals surface area (Å²) in [5.74, 6) is -0.270. The predicted octanol–water partition coefficient (Wildman–Crippen LogP) is 0.839. The maximum absolute atomic E-state index is 12.6. The molecule has 1 aromatic carbocycles. The Bertz CT molecular complexity index is 633. The van der Waals surface area contributed by atoms with E-state index >= 15 is 0 Å². The van der Waals surface area contributed by atoms with Gasteiger partial charge < -0.3 is 11.1 Å². The molecule has 0 aliphatic heterocycles. The van der Waals surface area contributed by atoms with Crippen LogP contribution >= 0.6 is 0 Å². The molecule has 6 nitrogen and oxygen atoms in total. The Morgan fingerprint density at radius 3 is 2.52 bits per heavy atom. The van der Waals surface area contributed by atoms with Crippen molar-refractivity contribution in [3.8, 4) is 0 Å². The van der Waals surface area contributed by atoms with Gasteiger partial charge in [0.05, 0.1) is 10.5 Å². The third-order valence-corrected chi connectivity index (χ3v) is 4.27. The van der Waals surface area contributed by atoms with E-state index in [4.69, 9.17) is 5.73 Å². The van der Waals surface area contributed by atoms with E-state index in [1.54, 1.807) is 0 Å². The molecule has 0 spiro atoms. The van der Waals surface area contributed by atoms with Crippen LogP contribution in [0, 0.1) is 0 Å². The van der Waals surface area contributed by atoms with Gasteiger partial charge >= 0.3 is 6.18 Å². The van der Waals surface area contributed by atoms with E-state index in [2.05, 4.69) is 10.0 Å². The van der Waals surface area contributed by atoms with Gasteiger partial charge in [-0.2, -0.15) is 13.2 Å².